The topological polar surface area (TPSA) is 61.8 Å². The molecule has 0 bridgehead atoms. The second-order valence-corrected chi connectivity index (χ2v) is 6.73. The lowest BCUT2D eigenvalue weighted by atomic mass is 9.96. The van der Waals surface area contributed by atoms with Crippen LogP contribution in [0, 0.1) is 0 Å². The van der Waals surface area contributed by atoms with E-state index >= 15 is 0 Å². The molecule has 4 rings (SSSR count). The highest BCUT2D eigenvalue weighted by Crippen LogP contribution is 2.43. The van der Waals surface area contributed by atoms with Crippen LogP contribution in [0.15, 0.2) is 66.7 Å². The first-order valence-corrected chi connectivity index (χ1v) is 9.27. The number of methoxy groups -OCH3 is 2. The van der Waals surface area contributed by atoms with Gasteiger partial charge < -0.3 is 14.2 Å². The second-order valence-electron chi connectivity index (χ2n) is 6.73. The minimum Gasteiger partial charge on any atom is -0.493 e. The first kappa shape index (κ1) is 18.7. The number of hydrogen-bond acceptors (Lipinski definition) is 5. The van der Waals surface area contributed by atoms with Crippen LogP contribution in [0.1, 0.15) is 38.8 Å². The number of Topliss-reactive ketones (excluding diaryl/α,β-unsaturated/α-hetero) is 1. The number of benzene rings is 3. The molecule has 0 aromatic heterocycles. The lowest BCUT2D eigenvalue weighted by molar-refractivity contribution is 0.0365. The quantitative estimate of drug-likeness (QED) is 0.446. The Hall–Kier alpha value is -3.60. The zero-order chi connectivity index (χ0) is 20.4. The van der Waals surface area contributed by atoms with Gasteiger partial charge >= 0.3 is 5.97 Å². The molecule has 0 unspecified atom stereocenters. The number of ether oxygens (including phenoxy) is 3. The minimum absolute atomic E-state index is 0.0684. The summed E-state index contributed by atoms with van der Waals surface area (Å²) in [6.07, 6.45) is -0.572. The third-order valence-corrected chi connectivity index (χ3v) is 5.06. The highest BCUT2D eigenvalue weighted by molar-refractivity contribution is 6.01. The maximum absolute atomic E-state index is 12.8. The predicted octanol–water partition coefficient (Wildman–Crippen LogP) is 4.86. The fraction of sp³-hybridized carbons (Fsp3) is 0.167. The van der Waals surface area contributed by atoms with Gasteiger partial charge in [-0.3, -0.25) is 4.79 Å². The molecule has 3 aromatic rings. The molecular weight excluding hydrogens is 368 g/mol. The van der Waals surface area contributed by atoms with Crippen molar-refractivity contribution in [1.29, 1.82) is 0 Å². The summed E-state index contributed by atoms with van der Waals surface area (Å²) in [7, 11) is 2.98. The van der Waals surface area contributed by atoms with Gasteiger partial charge in [-0.25, -0.2) is 4.79 Å². The van der Waals surface area contributed by atoms with Crippen molar-refractivity contribution < 1.29 is 23.8 Å². The van der Waals surface area contributed by atoms with Gasteiger partial charge in [0, 0.05) is 11.1 Å². The fourth-order valence-electron chi connectivity index (χ4n) is 3.59. The van der Waals surface area contributed by atoms with Gasteiger partial charge in [-0.05, 0) is 17.2 Å². The van der Waals surface area contributed by atoms with Crippen molar-refractivity contribution in [2.45, 2.75) is 12.5 Å². The Balaban J connectivity index is 1.55. The van der Waals surface area contributed by atoms with E-state index in [2.05, 4.69) is 0 Å². The SMILES string of the molecule is COc1ccc2c(c1OC)C(=O)O[C@H]2CC(=O)c1ccc(-c2ccccc2)cc1. The third kappa shape index (κ3) is 3.47. The van der Waals surface area contributed by atoms with E-state index in [1.54, 1.807) is 24.3 Å². The average molecular weight is 388 g/mol. The van der Waals surface area contributed by atoms with Gasteiger partial charge in [-0.2, -0.15) is 0 Å². The molecule has 5 nitrogen and oxygen atoms in total. The van der Waals surface area contributed by atoms with Crippen LogP contribution in [0.3, 0.4) is 0 Å². The molecule has 1 aliphatic heterocycles. The molecule has 1 aliphatic rings. The Labute approximate surface area is 168 Å². The number of cyclic esters (lactones) is 1. The molecule has 0 spiro atoms. The highest BCUT2D eigenvalue weighted by Gasteiger charge is 2.36. The van der Waals surface area contributed by atoms with E-state index in [0.29, 0.717) is 28.2 Å². The number of carbonyl (C=O) groups excluding carboxylic acids is 2. The molecule has 0 amide bonds. The molecule has 0 radical (unpaired) electrons. The molecular formula is C24H20O5. The highest BCUT2D eigenvalue weighted by atomic mass is 16.6. The van der Waals surface area contributed by atoms with E-state index in [1.165, 1.54) is 14.2 Å². The van der Waals surface area contributed by atoms with Gasteiger partial charge in [-0.1, -0.05) is 60.7 Å². The number of rotatable bonds is 6. The van der Waals surface area contributed by atoms with Crippen molar-refractivity contribution in [3.63, 3.8) is 0 Å². The van der Waals surface area contributed by atoms with Crippen molar-refractivity contribution >= 4 is 11.8 Å². The molecule has 0 saturated heterocycles. The molecule has 3 aromatic carbocycles. The van der Waals surface area contributed by atoms with Crippen LogP contribution in [0.4, 0.5) is 0 Å². The number of fused-ring (bicyclic) bond motifs is 1. The van der Waals surface area contributed by atoms with Crippen LogP contribution >= 0.6 is 0 Å². The molecule has 5 heteroatoms. The van der Waals surface area contributed by atoms with Gasteiger partial charge in [-0.15, -0.1) is 0 Å². The molecule has 0 aliphatic carbocycles. The predicted molar refractivity (Wildman–Crippen MR) is 109 cm³/mol. The molecule has 0 fully saturated rings. The van der Waals surface area contributed by atoms with Crippen LogP contribution in [-0.2, 0) is 4.74 Å². The van der Waals surface area contributed by atoms with Gasteiger partial charge in [0.15, 0.2) is 17.3 Å². The maximum Gasteiger partial charge on any atom is 0.343 e. The number of ketones is 1. The summed E-state index contributed by atoms with van der Waals surface area (Å²) in [5.41, 5.74) is 3.67. The zero-order valence-electron chi connectivity index (χ0n) is 16.2. The molecule has 0 saturated carbocycles. The molecule has 1 heterocycles. The largest absolute Gasteiger partial charge is 0.493 e. The summed E-state index contributed by atoms with van der Waals surface area (Å²) >= 11 is 0. The fourth-order valence-corrected chi connectivity index (χ4v) is 3.59. The minimum atomic E-state index is -0.640. The van der Waals surface area contributed by atoms with E-state index in [4.69, 9.17) is 14.2 Å². The summed E-state index contributed by atoms with van der Waals surface area (Å²) in [6.45, 7) is 0. The molecule has 0 N–H and O–H groups in total. The summed E-state index contributed by atoms with van der Waals surface area (Å²) in [4.78, 5) is 25.2. The van der Waals surface area contributed by atoms with Crippen LogP contribution in [-0.4, -0.2) is 26.0 Å². The Morgan fingerprint density at radius 2 is 1.59 bits per heavy atom. The first-order valence-electron chi connectivity index (χ1n) is 9.27. The van der Waals surface area contributed by atoms with E-state index in [1.807, 2.05) is 42.5 Å². The summed E-state index contributed by atoms with van der Waals surface area (Å²) in [5.74, 6) is 0.182. The lowest BCUT2D eigenvalue weighted by Gasteiger charge is -2.12. The van der Waals surface area contributed by atoms with Gasteiger partial charge in [0.1, 0.15) is 11.7 Å². The van der Waals surface area contributed by atoms with Crippen molar-refractivity contribution in [3.05, 3.63) is 83.4 Å². The lowest BCUT2D eigenvalue weighted by Crippen LogP contribution is -2.07. The van der Waals surface area contributed by atoms with Crippen LogP contribution in [0.2, 0.25) is 0 Å². The molecule has 1 atom stereocenters. The second kappa shape index (κ2) is 7.80. The number of esters is 1. The Kier molecular flexibility index (Phi) is 5.04. The van der Waals surface area contributed by atoms with Crippen LogP contribution < -0.4 is 9.47 Å². The Bertz CT molecular complexity index is 1050. The van der Waals surface area contributed by atoms with Gasteiger partial charge in [0.05, 0.1) is 20.6 Å². The Morgan fingerprint density at radius 3 is 2.24 bits per heavy atom. The average Bonchev–Trinajstić information content (AvgIpc) is 3.09. The van der Waals surface area contributed by atoms with Crippen molar-refractivity contribution in [2.75, 3.05) is 14.2 Å². The van der Waals surface area contributed by atoms with E-state index in [9.17, 15) is 9.59 Å². The van der Waals surface area contributed by atoms with E-state index in [-0.39, 0.29) is 12.2 Å². The molecule has 29 heavy (non-hydrogen) atoms. The monoisotopic (exact) mass is 388 g/mol. The van der Waals surface area contributed by atoms with Crippen molar-refractivity contribution in [1.82, 2.24) is 0 Å². The standard InChI is InChI=1S/C24H20O5/c1-27-20-13-12-18-21(29-24(26)22(18)23(20)28-2)14-19(25)17-10-8-16(9-11-17)15-6-4-3-5-7-15/h3-13,21H,14H2,1-2H3/t21-/m0/s1. The van der Waals surface area contributed by atoms with Crippen molar-refractivity contribution in [2.24, 2.45) is 0 Å². The zero-order valence-corrected chi connectivity index (χ0v) is 16.2. The van der Waals surface area contributed by atoms with Crippen molar-refractivity contribution in [3.8, 4) is 22.6 Å². The maximum atomic E-state index is 12.8. The van der Waals surface area contributed by atoms with Gasteiger partial charge in [0.25, 0.3) is 0 Å². The summed E-state index contributed by atoms with van der Waals surface area (Å²) in [5, 5.41) is 0. The normalized spacial score (nSPS) is 14.8. The first-order chi connectivity index (χ1) is 14.1. The summed E-state index contributed by atoms with van der Waals surface area (Å²) in [6, 6.07) is 20.9. The smallest absolute Gasteiger partial charge is 0.343 e. The molecule has 146 valence electrons. The number of carbonyl (C=O) groups is 2. The summed E-state index contributed by atoms with van der Waals surface area (Å²) < 4.78 is 16.0. The van der Waals surface area contributed by atoms with Crippen LogP contribution in [0.25, 0.3) is 11.1 Å². The number of hydrogen-bond donors (Lipinski definition) is 0. The van der Waals surface area contributed by atoms with Crippen LogP contribution in [0.5, 0.6) is 11.5 Å². The van der Waals surface area contributed by atoms with Gasteiger partial charge in [0.2, 0.25) is 0 Å². The van der Waals surface area contributed by atoms with E-state index in [0.717, 1.165) is 11.1 Å². The van der Waals surface area contributed by atoms with E-state index < -0.39 is 12.1 Å². The Morgan fingerprint density at radius 1 is 0.897 bits per heavy atom. The third-order valence-electron chi connectivity index (χ3n) is 5.06.